The third-order valence-corrected chi connectivity index (χ3v) is 3.28. The largest absolute Gasteiger partial charge is 0.375 e. The molecule has 2 rings (SSSR count). The van der Waals surface area contributed by atoms with Crippen LogP contribution in [0.2, 0.25) is 5.02 Å². The van der Waals surface area contributed by atoms with Crippen LogP contribution in [0.5, 0.6) is 0 Å². The number of ether oxygens (including phenoxy) is 1. The summed E-state index contributed by atoms with van der Waals surface area (Å²) in [5.74, 6) is 0.613. The second kappa shape index (κ2) is 6.98. The van der Waals surface area contributed by atoms with E-state index in [0.717, 1.165) is 0 Å². The molecule has 2 atom stereocenters. The smallest absolute Gasteiger partial charge is 0.171 e. The Morgan fingerprint density at radius 3 is 3.05 bits per heavy atom. The minimum atomic E-state index is -0.860. The molecule has 1 aliphatic heterocycles. The molecule has 2 heterocycles. The highest BCUT2D eigenvalue weighted by atomic mass is 35.5. The van der Waals surface area contributed by atoms with E-state index in [1.54, 1.807) is 12.1 Å². The van der Waals surface area contributed by atoms with Crippen molar-refractivity contribution in [2.75, 3.05) is 18.5 Å². The van der Waals surface area contributed by atoms with Crippen molar-refractivity contribution in [2.24, 2.45) is 0 Å². The van der Waals surface area contributed by atoms with Crippen LogP contribution in [0.25, 0.3) is 0 Å². The Morgan fingerprint density at radius 1 is 1.58 bits per heavy atom. The number of hydrogen-bond acceptors (Lipinski definition) is 3. The fraction of sp³-hybridized carbons (Fsp3) is 0.500. The molecular weight excluding hydrogens is 289 g/mol. The van der Waals surface area contributed by atoms with Crippen LogP contribution in [-0.2, 0) is 4.74 Å². The summed E-state index contributed by atoms with van der Waals surface area (Å²) >= 11 is 10.8. The lowest BCUT2D eigenvalue weighted by Gasteiger charge is -2.14. The van der Waals surface area contributed by atoms with E-state index in [4.69, 9.17) is 28.6 Å². The van der Waals surface area contributed by atoms with Crippen molar-refractivity contribution < 1.29 is 9.13 Å². The SMILES string of the molecule is FC1CCOC1CCNC(=S)Nc1ccc(Cl)cn1. The number of alkyl halides is 1. The molecular formula is C12H15ClFN3OS. The molecule has 0 aliphatic carbocycles. The Kier molecular flexibility index (Phi) is 5.30. The van der Waals surface area contributed by atoms with Crippen LogP contribution >= 0.6 is 23.8 Å². The Labute approximate surface area is 121 Å². The normalized spacial score (nSPS) is 22.2. The number of rotatable bonds is 4. The molecule has 0 amide bonds. The molecule has 0 bridgehead atoms. The summed E-state index contributed by atoms with van der Waals surface area (Å²) in [4.78, 5) is 4.06. The third-order valence-electron chi connectivity index (χ3n) is 2.81. The number of aromatic nitrogens is 1. The summed E-state index contributed by atoms with van der Waals surface area (Å²) in [5, 5.41) is 6.93. The van der Waals surface area contributed by atoms with Crippen molar-refractivity contribution >= 4 is 34.7 Å². The van der Waals surface area contributed by atoms with Gasteiger partial charge in [0.2, 0.25) is 0 Å². The first-order chi connectivity index (χ1) is 9.15. The van der Waals surface area contributed by atoms with E-state index in [1.807, 2.05) is 0 Å². The monoisotopic (exact) mass is 303 g/mol. The Bertz CT molecular complexity index is 431. The number of pyridine rings is 1. The van der Waals surface area contributed by atoms with Crippen LogP contribution in [0.1, 0.15) is 12.8 Å². The Hall–Kier alpha value is -0.980. The maximum atomic E-state index is 13.3. The average molecular weight is 304 g/mol. The van der Waals surface area contributed by atoms with Crippen LogP contribution in [0, 0.1) is 0 Å². The highest BCUT2D eigenvalue weighted by molar-refractivity contribution is 7.80. The summed E-state index contributed by atoms with van der Waals surface area (Å²) in [6.45, 7) is 1.06. The van der Waals surface area contributed by atoms with Crippen molar-refractivity contribution in [1.82, 2.24) is 10.3 Å². The lowest BCUT2D eigenvalue weighted by molar-refractivity contribution is 0.0722. The first-order valence-corrected chi connectivity index (χ1v) is 6.86. The van der Waals surface area contributed by atoms with Crippen molar-refractivity contribution in [3.05, 3.63) is 23.4 Å². The van der Waals surface area contributed by atoms with Crippen LogP contribution < -0.4 is 10.6 Å². The molecule has 0 aromatic carbocycles. The van der Waals surface area contributed by atoms with Gasteiger partial charge in [0.1, 0.15) is 12.0 Å². The van der Waals surface area contributed by atoms with Gasteiger partial charge < -0.3 is 15.4 Å². The van der Waals surface area contributed by atoms with Crippen molar-refractivity contribution in [1.29, 1.82) is 0 Å². The summed E-state index contributed by atoms with van der Waals surface area (Å²) in [7, 11) is 0. The molecule has 1 aliphatic rings. The van der Waals surface area contributed by atoms with Crippen molar-refractivity contribution in [3.8, 4) is 0 Å². The zero-order chi connectivity index (χ0) is 13.7. The molecule has 104 valence electrons. The summed E-state index contributed by atoms with van der Waals surface area (Å²) in [5.41, 5.74) is 0. The fourth-order valence-electron chi connectivity index (χ4n) is 1.82. The quantitative estimate of drug-likeness (QED) is 0.837. The topological polar surface area (TPSA) is 46.2 Å². The van der Waals surface area contributed by atoms with E-state index in [2.05, 4.69) is 15.6 Å². The van der Waals surface area contributed by atoms with Crippen molar-refractivity contribution in [2.45, 2.75) is 25.1 Å². The highest BCUT2D eigenvalue weighted by Gasteiger charge is 2.27. The number of hydrogen-bond donors (Lipinski definition) is 2. The van der Waals surface area contributed by atoms with E-state index in [1.165, 1.54) is 6.20 Å². The van der Waals surface area contributed by atoms with Crippen LogP contribution in [0.3, 0.4) is 0 Å². The van der Waals surface area contributed by atoms with Gasteiger partial charge in [0, 0.05) is 25.8 Å². The Morgan fingerprint density at radius 2 is 2.42 bits per heavy atom. The summed E-state index contributed by atoms with van der Waals surface area (Å²) in [6, 6.07) is 3.45. The zero-order valence-corrected chi connectivity index (χ0v) is 11.8. The molecule has 1 fully saturated rings. The molecule has 2 N–H and O–H groups in total. The van der Waals surface area contributed by atoms with Gasteiger partial charge in [0.25, 0.3) is 0 Å². The minimum absolute atomic E-state index is 0.316. The van der Waals surface area contributed by atoms with Crippen LogP contribution in [-0.4, -0.2) is 35.5 Å². The van der Waals surface area contributed by atoms with Gasteiger partial charge in [-0.3, -0.25) is 0 Å². The van der Waals surface area contributed by atoms with Gasteiger partial charge in [-0.25, -0.2) is 9.37 Å². The third kappa shape index (κ3) is 4.56. The van der Waals surface area contributed by atoms with Gasteiger partial charge in [0.05, 0.1) is 11.1 Å². The lowest BCUT2D eigenvalue weighted by Crippen LogP contribution is -2.32. The molecule has 1 aromatic rings. The van der Waals surface area contributed by atoms with Crippen LogP contribution in [0.4, 0.5) is 10.2 Å². The zero-order valence-electron chi connectivity index (χ0n) is 10.2. The van der Waals surface area contributed by atoms with Gasteiger partial charge in [-0.15, -0.1) is 0 Å². The minimum Gasteiger partial charge on any atom is -0.375 e. The molecule has 0 radical (unpaired) electrons. The maximum Gasteiger partial charge on any atom is 0.171 e. The van der Waals surface area contributed by atoms with Gasteiger partial charge >= 0.3 is 0 Å². The first kappa shape index (κ1) is 14.4. The number of anilines is 1. The van der Waals surface area contributed by atoms with Crippen molar-refractivity contribution in [3.63, 3.8) is 0 Å². The van der Waals surface area contributed by atoms with Gasteiger partial charge in [0.15, 0.2) is 5.11 Å². The number of nitrogens with zero attached hydrogens (tertiary/aromatic N) is 1. The van der Waals surface area contributed by atoms with E-state index in [9.17, 15) is 4.39 Å². The van der Waals surface area contributed by atoms with E-state index >= 15 is 0 Å². The number of thiocarbonyl (C=S) groups is 1. The van der Waals surface area contributed by atoms with E-state index < -0.39 is 6.17 Å². The second-order valence-electron chi connectivity index (χ2n) is 4.25. The molecule has 19 heavy (non-hydrogen) atoms. The first-order valence-electron chi connectivity index (χ1n) is 6.07. The molecule has 1 saturated heterocycles. The summed E-state index contributed by atoms with van der Waals surface area (Å²) in [6.07, 6.45) is 1.44. The number of nitrogens with one attached hydrogen (secondary N) is 2. The standard InChI is InChI=1S/C12H15ClFN3OS/c13-8-1-2-11(16-7-8)17-12(19)15-5-3-10-9(14)4-6-18-10/h1-2,7,9-10H,3-6H2,(H2,15,16,17,19). The molecule has 0 saturated carbocycles. The molecule has 0 spiro atoms. The fourth-order valence-corrected chi connectivity index (χ4v) is 2.14. The van der Waals surface area contributed by atoms with E-state index in [0.29, 0.717) is 41.9 Å². The average Bonchev–Trinajstić information content (AvgIpc) is 2.78. The molecule has 1 aromatic heterocycles. The van der Waals surface area contributed by atoms with Gasteiger partial charge in [-0.2, -0.15) is 0 Å². The maximum absolute atomic E-state index is 13.3. The predicted molar refractivity (Wildman–Crippen MR) is 77.3 cm³/mol. The highest BCUT2D eigenvalue weighted by Crippen LogP contribution is 2.19. The Balaban J connectivity index is 1.68. The molecule has 4 nitrogen and oxygen atoms in total. The van der Waals surface area contributed by atoms with Crippen LogP contribution in [0.15, 0.2) is 18.3 Å². The molecule has 2 unspecified atom stereocenters. The second-order valence-corrected chi connectivity index (χ2v) is 5.09. The lowest BCUT2D eigenvalue weighted by atomic mass is 10.1. The predicted octanol–water partition coefficient (Wildman–Crippen LogP) is 2.54. The molecule has 7 heteroatoms. The number of halogens is 2. The van der Waals surface area contributed by atoms with Gasteiger partial charge in [-0.1, -0.05) is 11.6 Å². The van der Waals surface area contributed by atoms with E-state index in [-0.39, 0.29) is 6.10 Å². The summed E-state index contributed by atoms with van der Waals surface area (Å²) < 4.78 is 18.5. The van der Waals surface area contributed by atoms with Gasteiger partial charge in [-0.05, 0) is 30.8 Å².